The van der Waals surface area contributed by atoms with E-state index in [4.69, 9.17) is 9.47 Å². The zero-order chi connectivity index (χ0) is 13.5. The van der Waals surface area contributed by atoms with Gasteiger partial charge in [0, 0.05) is 26.6 Å². The topological polar surface area (TPSA) is 50.7 Å². The number of rotatable bonds is 8. The Hall–Kier alpha value is -1.10. The predicted octanol–water partition coefficient (Wildman–Crippen LogP) is 1.15. The van der Waals surface area contributed by atoms with E-state index in [-0.39, 0.29) is 6.10 Å². The first-order valence-corrected chi connectivity index (χ1v) is 6.92. The summed E-state index contributed by atoms with van der Waals surface area (Å²) in [4.78, 5) is 0. The molecule has 1 heterocycles. The molecule has 1 atom stereocenters. The quantitative estimate of drug-likeness (QED) is 0.692. The lowest BCUT2D eigenvalue weighted by Crippen LogP contribution is -2.29. The minimum atomic E-state index is -0.304. The Morgan fingerprint density at radius 1 is 1.47 bits per heavy atom. The van der Waals surface area contributed by atoms with E-state index in [0.717, 1.165) is 38.2 Å². The molecule has 0 saturated heterocycles. The van der Waals surface area contributed by atoms with Crippen molar-refractivity contribution in [3.05, 3.63) is 29.3 Å². The van der Waals surface area contributed by atoms with Crippen LogP contribution < -0.4 is 10.1 Å². The van der Waals surface area contributed by atoms with Crippen LogP contribution in [0.15, 0.2) is 18.2 Å². The van der Waals surface area contributed by atoms with E-state index in [1.165, 1.54) is 11.1 Å². The van der Waals surface area contributed by atoms with Crippen LogP contribution in [0, 0.1) is 0 Å². The minimum absolute atomic E-state index is 0.304. The molecule has 1 aromatic carbocycles. The third-order valence-electron chi connectivity index (χ3n) is 3.38. The lowest BCUT2D eigenvalue weighted by atomic mass is 10.0. The molecular weight excluding hydrogens is 242 g/mol. The molecule has 0 spiro atoms. The highest BCUT2D eigenvalue weighted by molar-refractivity contribution is 5.39. The van der Waals surface area contributed by atoms with Crippen molar-refractivity contribution in [3.8, 4) is 5.75 Å². The second-order valence-electron chi connectivity index (χ2n) is 4.93. The predicted molar refractivity (Wildman–Crippen MR) is 74.7 cm³/mol. The number of fused-ring (bicyclic) bond motifs is 1. The molecule has 2 N–H and O–H groups in total. The van der Waals surface area contributed by atoms with Crippen LogP contribution in [-0.4, -0.2) is 44.6 Å². The number of aliphatic hydroxyl groups is 1. The Kier molecular flexibility index (Phi) is 5.63. The standard InChI is InChI=1S/C15H23NO3/c1-18-9-7-16-11-14(17)4-2-12-3-5-15-13(10-12)6-8-19-15/h3,5,10,14,16-17H,2,4,6-9,11H2,1H3. The molecule has 0 amide bonds. The summed E-state index contributed by atoms with van der Waals surface area (Å²) in [6, 6.07) is 6.34. The fourth-order valence-corrected chi connectivity index (χ4v) is 2.27. The van der Waals surface area contributed by atoms with Gasteiger partial charge in [-0.2, -0.15) is 0 Å². The van der Waals surface area contributed by atoms with Crippen molar-refractivity contribution in [1.82, 2.24) is 5.32 Å². The average Bonchev–Trinajstić information content (AvgIpc) is 2.89. The molecule has 0 aromatic heterocycles. The van der Waals surface area contributed by atoms with E-state index in [1.807, 2.05) is 6.07 Å². The van der Waals surface area contributed by atoms with Crippen LogP contribution in [0.3, 0.4) is 0 Å². The first kappa shape index (κ1) is 14.3. The molecule has 1 aliphatic heterocycles. The summed E-state index contributed by atoms with van der Waals surface area (Å²) in [5.41, 5.74) is 2.57. The first-order valence-electron chi connectivity index (χ1n) is 6.92. The van der Waals surface area contributed by atoms with E-state index >= 15 is 0 Å². The van der Waals surface area contributed by atoms with Crippen LogP contribution in [0.25, 0.3) is 0 Å². The molecule has 1 aromatic rings. The van der Waals surface area contributed by atoms with Crippen LogP contribution in [0.2, 0.25) is 0 Å². The largest absolute Gasteiger partial charge is 0.493 e. The number of hydrogen-bond acceptors (Lipinski definition) is 4. The number of benzene rings is 1. The summed E-state index contributed by atoms with van der Waals surface area (Å²) in [6.07, 6.45) is 2.38. The molecule has 1 unspecified atom stereocenters. The second kappa shape index (κ2) is 7.48. The molecule has 4 nitrogen and oxygen atoms in total. The maximum Gasteiger partial charge on any atom is 0.122 e. The van der Waals surface area contributed by atoms with Gasteiger partial charge in [0.05, 0.1) is 19.3 Å². The number of aryl methyl sites for hydroxylation is 1. The lowest BCUT2D eigenvalue weighted by molar-refractivity contribution is 0.152. The van der Waals surface area contributed by atoms with Crippen molar-refractivity contribution in [2.24, 2.45) is 0 Å². The summed E-state index contributed by atoms with van der Waals surface area (Å²) in [5.74, 6) is 1.02. The minimum Gasteiger partial charge on any atom is -0.493 e. The highest BCUT2D eigenvalue weighted by atomic mass is 16.5. The third-order valence-corrected chi connectivity index (χ3v) is 3.38. The van der Waals surface area contributed by atoms with Gasteiger partial charge < -0.3 is 19.9 Å². The molecule has 0 aliphatic carbocycles. The molecule has 0 saturated carbocycles. The van der Waals surface area contributed by atoms with Crippen molar-refractivity contribution in [3.63, 3.8) is 0 Å². The van der Waals surface area contributed by atoms with Gasteiger partial charge in [0.2, 0.25) is 0 Å². The van der Waals surface area contributed by atoms with Crippen molar-refractivity contribution in [1.29, 1.82) is 0 Å². The van der Waals surface area contributed by atoms with Gasteiger partial charge in [-0.1, -0.05) is 12.1 Å². The van der Waals surface area contributed by atoms with Gasteiger partial charge in [-0.05, 0) is 30.0 Å². The molecule has 1 aliphatic rings. The summed E-state index contributed by atoms with van der Waals surface area (Å²) < 4.78 is 10.4. The maximum atomic E-state index is 9.88. The Morgan fingerprint density at radius 3 is 3.21 bits per heavy atom. The SMILES string of the molecule is COCCNCC(O)CCc1ccc2c(c1)CCO2. The van der Waals surface area contributed by atoms with Crippen LogP contribution in [0.4, 0.5) is 0 Å². The van der Waals surface area contributed by atoms with Gasteiger partial charge in [-0.25, -0.2) is 0 Å². The van der Waals surface area contributed by atoms with Crippen LogP contribution in [0.1, 0.15) is 17.5 Å². The van der Waals surface area contributed by atoms with E-state index in [1.54, 1.807) is 7.11 Å². The maximum absolute atomic E-state index is 9.88. The lowest BCUT2D eigenvalue weighted by Gasteiger charge is -2.12. The highest BCUT2D eigenvalue weighted by Gasteiger charge is 2.12. The summed E-state index contributed by atoms with van der Waals surface area (Å²) in [6.45, 7) is 2.88. The third kappa shape index (κ3) is 4.49. The normalized spacial score (nSPS) is 15.1. The van der Waals surface area contributed by atoms with E-state index in [2.05, 4.69) is 17.4 Å². The average molecular weight is 265 g/mol. The molecule has 4 heteroatoms. The Bertz CT molecular complexity index is 395. The van der Waals surface area contributed by atoms with Crippen LogP contribution in [-0.2, 0) is 17.6 Å². The summed E-state index contributed by atoms with van der Waals surface area (Å²) in [5, 5.41) is 13.0. The Morgan fingerprint density at radius 2 is 2.37 bits per heavy atom. The smallest absolute Gasteiger partial charge is 0.122 e. The van der Waals surface area contributed by atoms with Crippen molar-refractivity contribution < 1.29 is 14.6 Å². The molecular formula is C15H23NO3. The van der Waals surface area contributed by atoms with Crippen molar-refractivity contribution in [2.45, 2.75) is 25.4 Å². The monoisotopic (exact) mass is 265 g/mol. The van der Waals surface area contributed by atoms with Crippen molar-refractivity contribution >= 4 is 0 Å². The van der Waals surface area contributed by atoms with Gasteiger partial charge in [-0.15, -0.1) is 0 Å². The van der Waals surface area contributed by atoms with Crippen LogP contribution in [0.5, 0.6) is 5.75 Å². The molecule has 0 radical (unpaired) electrons. The Balaban J connectivity index is 1.70. The van der Waals surface area contributed by atoms with Gasteiger partial charge in [-0.3, -0.25) is 0 Å². The van der Waals surface area contributed by atoms with E-state index in [0.29, 0.717) is 13.2 Å². The van der Waals surface area contributed by atoms with Crippen molar-refractivity contribution in [2.75, 3.05) is 33.4 Å². The fraction of sp³-hybridized carbons (Fsp3) is 0.600. The van der Waals surface area contributed by atoms with Gasteiger partial charge >= 0.3 is 0 Å². The zero-order valence-corrected chi connectivity index (χ0v) is 11.5. The van der Waals surface area contributed by atoms with Gasteiger partial charge in [0.15, 0.2) is 0 Å². The number of aliphatic hydroxyl groups excluding tert-OH is 1. The first-order chi connectivity index (χ1) is 9.29. The van der Waals surface area contributed by atoms with E-state index < -0.39 is 0 Å². The highest BCUT2D eigenvalue weighted by Crippen LogP contribution is 2.26. The molecule has 106 valence electrons. The van der Waals surface area contributed by atoms with E-state index in [9.17, 15) is 5.11 Å². The number of hydrogen-bond donors (Lipinski definition) is 2. The second-order valence-corrected chi connectivity index (χ2v) is 4.93. The van der Waals surface area contributed by atoms with Crippen LogP contribution >= 0.6 is 0 Å². The van der Waals surface area contributed by atoms with Gasteiger partial charge in [0.1, 0.15) is 5.75 Å². The number of methoxy groups -OCH3 is 1. The summed E-state index contributed by atoms with van der Waals surface area (Å²) in [7, 11) is 1.68. The number of nitrogens with one attached hydrogen (secondary N) is 1. The molecule has 2 rings (SSSR count). The molecule has 0 bridgehead atoms. The summed E-state index contributed by atoms with van der Waals surface area (Å²) >= 11 is 0. The Labute approximate surface area is 114 Å². The van der Waals surface area contributed by atoms with Gasteiger partial charge in [0.25, 0.3) is 0 Å². The molecule has 19 heavy (non-hydrogen) atoms. The number of ether oxygens (including phenoxy) is 2. The zero-order valence-electron chi connectivity index (χ0n) is 11.5. The molecule has 0 fully saturated rings. The fourth-order valence-electron chi connectivity index (χ4n) is 2.27.